The van der Waals surface area contributed by atoms with E-state index in [1.165, 1.54) is 0 Å². The molecule has 2 aromatic rings. The monoisotopic (exact) mass is 260 g/mol. The number of carbonyl (C=O) groups excluding carboxylic acids is 1. The molecule has 0 saturated carbocycles. The quantitative estimate of drug-likeness (QED) is 0.873. The molecule has 6 heteroatoms. The predicted molar refractivity (Wildman–Crippen MR) is 70.9 cm³/mol. The number of hydrogen-bond acceptors (Lipinski definition) is 5. The van der Waals surface area contributed by atoms with Gasteiger partial charge < -0.3 is 15.1 Å². The van der Waals surface area contributed by atoms with E-state index in [9.17, 15) is 4.79 Å². The van der Waals surface area contributed by atoms with Crippen LogP contribution in [0, 0.1) is 13.8 Å². The summed E-state index contributed by atoms with van der Waals surface area (Å²) in [6, 6.07) is 1.82. The molecule has 0 atom stereocenters. The molecule has 2 rings (SSSR count). The molecule has 2 heterocycles. The van der Waals surface area contributed by atoms with Gasteiger partial charge in [-0.25, -0.2) is 4.98 Å². The lowest BCUT2D eigenvalue weighted by Crippen LogP contribution is -2.24. The van der Waals surface area contributed by atoms with E-state index in [0.29, 0.717) is 11.5 Å². The third-order valence-corrected chi connectivity index (χ3v) is 2.62. The molecule has 0 aliphatic heterocycles. The molecule has 19 heavy (non-hydrogen) atoms. The van der Waals surface area contributed by atoms with Gasteiger partial charge in [-0.3, -0.25) is 9.78 Å². The molecule has 0 unspecified atom stereocenters. The number of anilines is 1. The van der Waals surface area contributed by atoms with Gasteiger partial charge in [0.15, 0.2) is 0 Å². The van der Waals surface area contributed by atoms with Crippen LogP contribution in [0.5, 0.6) is 0 Å². The van der Waals surface area contributed by atoms with Gasteiger partial charge >= 0.3 is 0 Å². The van der Waals surface area contributed by atoms with Crippen molar-refractivity contribution in [1.82, 2.24) is 15.3 Å². The summed E-state index contributed by atoms with van der Waals surface area (Å²) in [5.41, 5.74) is 2.09. The van der Waals surface area contributed by atoms with Crippen LogP contribution in [-0.4, -0.2) is 22.9 Å². The lowest BCUT2D eigenvalue weighted by atomic mass is 10.2. The Bertz CT molecular complexity index is 592. The van der Waals surface area contributed by atoms with Gasteiger partial charge in [0, 0.05) is 18.9 Å². The Hall–Kier alpha value is -2.37. The highest BCUT2D eigenvalue weighted by atomic mass is 16.4. The molecule has 0 fully saturated rings. The fourth-order valence-corrected chi connectivity index (χ4v) is 1.68. The molecule has 2 aromatic heterocycles. The predicted octanol–water partition coefficient (Wildman–Crippen LogP) is 1.66. The molecule has 0 aliphatic rings. The normalized spacial score (nSPS) is 10.3. The van der Waals surface area contributed by atoms with E-state index in [2.05, 4.69) is 20.6 Å². The second-order valence-corrected chi connectivity index (χ2v) is 4.17. The van der Waals surface area contributed by atoms with Crippen molar-refractivity contribution in [3.05, 3.63) is 41.4 Å². The summed E-state index contributed by atoms with van der Waals surface area (Å²) in [4.78, 5) is 20.2. The van der Waals surface area contributed by atoms with E-state index in [1.807, 2.05) is 13.0 Å². The Morgan fingerprint density at radius 3 is 2.74 bits per heavy atom. The van der Waals surface area contributed by atoms with Crippen molar-refractivity contribution in [1.29, 1.82) is 0 Å². The average molecular weight is 260 g/mol. The maximum atomic E-state index is 12.1. The summed E-state index contributed by atoms with van der Waals surface area (Å²) in [5, 5.41) is 5.73. The van der Waals surface area contributed by atoms with Gasteiger partial charge in [0.05, 0.1) is 24.0 Å². The van der Waals surface area contributed by atoms with Crippen LogP contribution in [0.15, 0.2) is 22.9 Å². The van der Waals surface area contributed by atoms with Crippen LogP contribution >= 0.6 is 0 Å². The zero-order chi connectivity index (χ0) is 13.8. The number of amides is 1. The summed E-state index contributed by atoms with van der Waals surface area (Å²) < 4.78 is 5.29. The van der Waals surface area contributed by atoms with Crippen LogP contribution in [-0.2, 0) is 6.54 Å². The van der Waals surface area contributed by atoms with E-state index in [0.717, 1.165) is 17.1 Å². The number of pyridine rings is 1. The number of oxazole rings is 1. The maximum absolute atomic E-state index is 12.1. The molecule has 0 aliphatic carbocycles. The summed E-state index contributed by atoms with van der Waals surface area (Å²) >= 11 is 0. The minimum absolute atomic E-state index is 0.215. The number of nitrogens with zero attached hydrogens (tertiary/aromatic N) is 2. The van der Waals surface area contributed by atoms with Gasteiger partial charge in [0.1, 0.15) is 5.76 Å². The summed E-state index contributed by atoms with van der Waals surface area (Å²) in [6.07, 6.45) is 3.17. The highest BCUT2D eigenvalue weighted by Crippen LogP contribution is 2.15. The Kier molecular flexibility index (Phi) is 3.79. The van der Waals surface area contributed by atoms with Crippen LogP contribution in [0.3, 0.4) is 0 Å². The SMILES string of the molecule is CNc1cc(C)ncc1C(=O)NCc1ncc(C)o1. The smallest absolute Gasteiger partial charge is 0.255 e. The van der Waals surface area contributed by atoms with Crippen molar-refractivity contribution in [2.45, 2.75) is 20.4 Å². The van der Waals surface area contributed by atoms with Crippen molar-refractivity contribution in [2.24, 2.45) is 0 Å². The minimum Gasteiger partial charge on any atom is -0.444 e. The minimum atomic E-state index is -0.215. The van der Waals surface area contributed by atoms with E-state index >= 15 is 0 Å². The molecule has 2 N–H and O–H groups in total. The first-order valence-electron chi connectivity index (χ1n) is 5.94. The van der Waals surface area contributed by atoms with Crippen LogP contribution in [0.25, 0.3) is 0 Å². The third kappa shape index (κ3) is 3.09. The molecule has 6 nitrogen and oxygen atoms in total. The summed E-state index contributed by atoms with van der Waals surface area (Å²) in [5.74, 6) is 0.988. The van der Waals surface area contributed by atoms with Crippen LogP contribution in [0.4, 0.5) is 5.69 Å². The number of carbonyl (C=O) groups is 1. The molecular formula is C13H16N4O2. The number of rotatable bonds is 4. The Balaban J connectivity index is 2.07. The molecule has 0 saturated heterocycles. The molecule has 0 radical (unpaired) electrons. The van der Waals surface area contributed by atoms with Crippen molar-refractivity contribution >= 4 is 11.6 Å². The standard InChI is InChI=1S/C13H16N4O2/c1-8-4-11(14-3)10(6-15-8)13(18)17-7-12-16-5-9(2)19-12/h4-6H,7H2,1-3H3,(H,14,15)(H,17,18). The maximum Gasteiger partial charge on any atom is 0.255 e. The summed E-state index contributed by atoms with van der Waals surface area (Å²) in [7, 11) is 1.77. The zero-order valence-electron chi connectivity index (χ0n) is 11.2. The highest BCUT2D eigenvalue weighted by Gasteiger charge is 2.12. The van der Waals surface area contributed by atoms with Gasteiger partial charge in [0.2, 0.25) is 5.89 Å². The van der Waals surface area contributed by atoms with Gasteiger partial charge in [-0.1, -0.05) is 0 Å². The van der Waals surface area contributed by atoms with Gasteiger partial charge in [0.25, 0.3) is 5.91 Å². The highest BCUT2D eigenvalue weighted by molar-refractivity contribution is 5.99. The molecule has 0 spiro atoms. The van der Waals surface area contributed by atoms with Crippen molar-refractivity contribution in [2.75, 3.05) is 12.4 Å². The average Bonchev–Trinajstić information content (AvgIpc) is 2.81. The van der Waals surface area contributed by atoms with Gasteiger partial charge in [-0.2, -0.15) is 0 Å². The third-order valence-electron chi connectivity index (χ3n) is 2.62. The molecular weight excluding hydrogens is 244 g/mol. The van der Waals surface area contributed by atoms with Gasteiger partial charge in [-0.15, -0.1) is 0 Å². The van der Waals surface area contributed by atoms with Crippen LogP contribution in [0.2, 0.25) is 0 Å². The fourth-order valence-electron chi connectivity index (χ4n) is 1.68. The first-order chi connectivity index (χ1) is 9.10. The first kappa shape index (κ1) is 13.1. The van der Waals surface area contributed by atoms with E-state index in [4.69, 9.17) is 4.42 Å². The lowest BCUT2D eigenvalue weighted by molar-refractivity contribution is 0.0947. The lowest BCUT2D eigenvalue weighted by Gasteiger charge is -2.09. The second kappa shape index (κ2) is 5.51. The topological polar surface area (TPSA) is 80.0 Å². The van der Waals surface area contributed by atoms with Gasteiger partial charge in [-0.05, 0) is 19.9 Å². The van der Waals surface area contributed by atoms with E-state index < -0.39 is 0 Å². The van der Waals surface area contributed by atoms with Crippen LogP contribution < -0.4 is 10.6 Å². The molecule has 0 bridgehead atoms. The van der Waals surface area contributed by atoms with Crippen LogP contribution in [0.1, 0.15) is 27.7 Å². The summed E-state index contributed by atoms with van der Waals surface area (Å²) in [6.45, 7) is 3.93. The van der Waals surface area contributed by atoms with Crippen molar-refractivity contribution in [3.63, 3.8) is 0 Å². The van der Waals surface area contributed by atoms with Crippen molar-refractivity contribution < 1.29 is 9.21 Å². The molecule has 1 amide bonds. The number of nitrogens with one attached hydrogen (secondary N) is 2. The number of aryl methyl sites for hydroxylation is 2. The molecule has 100 valence electrons. The fraction of sp³-hybridized carbons (Fsp3) is 0.308. The molecule has 0 aromatic carbocycles. The second-order valence-electron chi connectivity index (χ2n) is 4.17. The Labute approximate surface area is 111 Å². The number of aromatic nitrogens is 2. The zero-order valence-corrected chi connectivity index (χ0v) is 11.2. The Morgan fingerprint density at radius 1 is 1.32 bits per heavy atom. The van der Waals surface area contributed by atoms with Crippen molar-refractivity contribution in [3.8, 4) is 0 Å². The number of hydrogen-bond donors (Lipinski definition) is 2. The Morgan fingerprint density at radius 2 is 2.11 bits per heavy atom. The first-order valence-corrected chi connectivity index (χ1v) is 5.94. The largest absolute Gasteiger partial charge is 0.444 e. The van der Waals surface area contributed by atoms with E-state index in [1.54, 1.807) is 26.4 Å². The van der Waals surface area contributed by atoms with E-state index in [-0.39, 0.29) is 12.5 Å².